The molecule has 0 aliphatic heterocycles. The van der Waals surface area contributed by atoms with Crippen molar-refractivity contribution in [3.05, 3.63) is 27.5 Å². The number of carbonyl (C=O) groups excluding carboxylic acids is 1. The van der Waals surface area contributed by atoms with E-state index in [1.165, 1.54) is 11.3 Å². The predicted octanol–water partition coefficient (Wildman–Crippen LogP) is 3.14. The lowest BCUT2D eigenvalue weighted by Crippen LogP contribution is -2.43. The molecular formula is C14H17BrN2O2S. The molecule has 1 aromatic heterocycles. The van der Waals surface area contributed by atoms with Crippen LogP contribution in [-0.2, 0) is 0 Å². The average Bonchev–Trinajstić information content (AvgIpc) is 2.65. The molecule has 0 atom stereocenters. The van der Waals surface area contributed by atoms with Crippen LogP contribution in [0.2, 0.25) is 0 Å². The van der Waals surface area contributed by atoms with E-state index in [0.717, 1.165) is 14.6 Å². The molecular weight excluding hydrogens is 340 g/mol. The Bertz CT molecular complexity index is 652. The van der Waals surface area contributed by atoms with Gasteiger partial charge in [0.05, 0.1) is 5.69 Å². The first kappa shape index (κ1) is 15.3. The van der Waals surface area contributed by atoms with Crippen LogP contribution in [-0.4, -0.2) is 23.2 Å². The third-order valence-electron chi connectivity index (χ3n) is 3.09. The zero-order valence-corrected chi connectivity index (χ0v) is 13.8. The van der Waals surface area contributed by atoms with Crippen molar-refractivity contribution in [2.75, 3.05) is 12.3 Å². The highest BCUT2D eigenvalue weighted by Crippen LogP contribution is 2.35. The number of aliphatic hydroxyl groups is 1. The fourth-order valence-electron chi connectivity index (χ4n) is 1.97. The Kier molecular flexibility index (Phi) is 4.36. The summed E-state index contributed by atoms with van der Waals surface area (Å²) in [6.45, 7) is 3.78. The minimum atomic E-state index is -0.463. The molecule has 108 valence electrons. The molecule has 0 saturated heterocycles. The van der Waals surface area contributed by atoms with Crippen molar-refractivity contribution in [1.82, 2.24) is 5.32 Å². The third-order valence-corrected chi connectivity index (χ3v) is 4.75. The smallest absolute Gasteiger partial charge is 0.263 e. The molecule has 0 spiro atoms. The number of amides is 1. The van der Waals surface area contributed by atoms with E-state index in [-0.39, 0.29) is 12.5 Å². The summed E-state index contributed by atoms with van der Waals surface area (Å²) >= 11 is 4.79. The van der Waals surface area contributed by atoms with Gasteiger partial charge in [0.1, 0.15) is 4.88 Å². The summed E-state index contributed by atoms with van der Waals surface area (Å²) in [5.41, 5.74) is 6.11. The van der Waals surface area contributed by atoms with Crippen LogP contribution in [0.5, 0.6) is 0 Å². The van der Waals surface area contributed by atoms with Crippen LogP contribution < -0.4 is 11.1 Å². The van der Waals surface area contributed by atoms with Crippen molar-refractivity contribution >= 4 is 48.9 Å². The van der Waals surface area contributed by atoms with Crippen LogP contribution in [0, 0.1) is 0 Å². The van der Waals surface area contributed by atoms with Gasteiger partial charge >= 0.3 is 0 Å². The van der Waals surface area contributed by atoms with Gasteiger partial charge in [-0.05, 0) is 32.4 Å². The third kappa shape index (κ3) is 3.13. The molecule has 6 heteroatoms. The number of rotatable bonds is 4. The molecule has 0 fully saturated rings. The van der Waals surface area contributed by atoms with Crippen LogP contribution >= 0.6 is 27.3 Å². The van der Waals surface area contributed by atoms with E-state index >= 15 is 0 Å². The molecule has 1 amide bonds. The molecule has 0 aliphatic rings. The highest BCUT2D eigenvalue weighted by molar-refractivity contribution is 9.10. The lowest BCUT2D eigenvalue weighted by molar-refractivity contribution is 0.0904. The summed E-state index contributed by atoms with van der Waals surface area (Å²) in [5.74, 6) is -0.196. The van der Waals surface area contributed by atoms with Crippen molar-refractivity contribution in [2.45, 2.75) is 25.8 Å². The Morgan fingerprint density at radius 3 is 2.85 bits per heavy atom. The number of anilines is 1. The number of fused-ring (bicyclic) bond motifs is 1. The number of nitrogens with one attached hydrogen (secondary N) is 1. The normalized spacial score (nSPS) is 11.8. The first-order valence-electron chi connectivity index (χ1n) is 6.25. The van der Waals surface area contributed by atoms with Gasteiger partial charge in [-0.25, -0.2) is 0 Å². The maximum absolute atomic E-state index is 12.3. The van der Waals surface area contributed by atoms with Gasteiger partial charge < -0.3 is 16.2 Å². The second-order valence-electron chi connectivity index (χ2n) is 5.30. The minimum absolute atomic E-state index is 0.0299. The Morgan fingerprint density at radius 2 is 2.20 bits per heavy atom. The van der Waals surface area contributed by atoms with E-state index in [2.05, 4.69) is 21.2 Å². The zero-order valence-electron chi connectivity index (χ0n) is 11.4. The summed E-state index contributed by atoms with van der Waals surface area (Å²) in [6.07, 6.45) is 0.495. The molecule has 20 heavy (non-hydrogen) atoms. The van der Waals surface area contributed by atoms with E-state index in [1.807, 2.05) is 32.0 Å². The van der Waals surface area contributed by atoms with Crippen LogP contribution in [0.4, 0.5) is 5.69 Å². The molecule has 4 nitrogen and oxygen atoms in total. The summed E-state index contributed by atoms with van der Waals surface area (Å²) in [4.78, 5) is 12.9. The van der Waals surface area contributed by atoms with Gasteiger partial charge in [0, 0.05) is 26.7 Å². The molecule has 0 radical (unpaired) electrons. The van der Waals surface area contributed by atoms with Gasteiger partial charge in [0.2, 0.25) is 0 Å². The second kappa shape index (κ2) is 5.71. The Morgan fingerprint density at radius 1 is 1.50 bits per heavy atom. The van der Waals surface area contributed by atoms with Gasteiger partial charge in [-0.15, -0.1) is 11.3 Å². The molecule has 0 bridgehead atoms. The number of nitrogen functional groups attached to an aromatic ring is 1. The molecule has 0 saturated carbocycles. The highest BCUT2D eigenvalue weighted by atomic mass is 79.9. The molecule has 2 aromatic rings. The van der Waals surface area contributed by atoms with Crippen LogP contribution in [0.25, 0.3) is 10.1 Å². The van der Waals surface area contributed by atoms with Crippen molar-refractivity contribution in [2.24, 2.45) is 0 Å². The number of carbonyl (C=O) groups is 1. The van der Waals surface area contributed by atoms with Crippen LogP contribution in [0.1, 0.15) is 29.9 Å². The van der Waals surface area contributed by atoms with Crippen molar-refractivity contribution in [3.8, 4) is 0 Å². The number of hydrogen-bond acceptors (Lipinski definition) is 4. The van der Waals surface area contributed by atoms with E-state index in [9.17, 15) is 4.79 Å². The van der Waals surface area contributed by atoms with Crippen molar-refractivity contribution in [1.29, 1.82) is 0 Å². The monoisotopic (exact) mass is 356 g/mol. The van der Waals surface area contributed by atoms with E-state index < -0.39 is 5.54 Å². The van der Waals surface area contributed by atoms with Gasteiger partial charge in [-0.3, -0.25) is 4.79 Å². The molecule has 4 N–H and O–H groups in total. The predicted molar refractivity (Wildman–Crippen MR) is 87.2 cm³/mol. The Hall–Kier alpha value is -1.11. The van der Waals surface area contributed by atoms with Crippen LogP contribution in [0.15, 0.2) is 22.7 Å². The molecule has 0 aliphatic carbocycles. The summed E-state index contributed by atoms with van der Waals surface area (Å²) in [5, 5.41) is 12.8. The molecule has 1 aromatic carbocycles. The van der Waals surface area contributed by atoms with Crippen molar-refractivity contribution < 1.29 is 9.90 Å². The van der Waals surface area contributed by atoms with E-state index in [0.29, 0.717) is 17.0 Å². The Labute approximate surface area is 130 Å². The lowest BCUT2D eigenvalue weighted by Gasteiger charge is -2.25. The number of thiophene rings is 1. The number of nitrogens with two attached hydrogens (primary N) is 1. The van der Waals surface area contributed by atoms with Gasteiger partial charge in [0.25, 0.3) is 5.91 Å². The summed E-state index contributed by atoms with van der Waals surface area (Å²) in [6, 6.07) is 5.76. The lowest BCUT2D eigenvalue weighted by atomic mass is 10.0. The first-order chi connectivity index (χ1) is 9.34. The minimum Gasteiger partial charge on any atom is -0.397 e. The zero-order chi connectivity index (χ0) is 14.9. The SMILES string of the molecule is CC(C)(CCO)NC(=O)c1sc2cc(Br)ccc2c1N. The number of aliphatic hydroxyl groups excluding tert-OH is 1. The fourth-order valence-corrected chi connectivity index (χ4v) is 3.54. The first-order valence-corrected chi connectivity index (χ1v) is 7.86. The van der Waals surface area contributed by atoms with Crippen molar-refractivity contribution in [3.63, 3.8) is 0 Å². The van der Waals surface area contributed by atoms with E-state index in [1.54, 1.807) is 0 Å². The largest absolute Gasteiger partial charge is 0.397 e. The summed E-state index contributed by atoms with van der Waals surface area (Å²) in [7, 11) is 0. The maximum Gasteiger partial charge on any atom is 0.263 e. The number of halogens is 1. The van der Waals surface area contributed by atoms with E-state index in [4.69, 9.17) is 10.8 Å². The summed E-state index contributed by atoms with van der Waals surface area (Å²) < 4.78 is 1.93. The average molecular weight is 357 g/mol. The van der Waals surface area contributed by atoms with Gasteiger partial charge in [0.15, 0.2) is 0 Å². The van der Waals surface area contributed by atoms with Gasteiger partial charge in [-0.1, -0.05) is 22.0 Å². The molecule has 2 rings (SSSR count). The molecule has 1 heterocycles. The van der Waals surface area contributed by atoms with Crippen LogP contribution in [0.3, 0.4) is 0 Å². The Balaban J connectivity index is 2.33. The highest BCUT2D eigenvalue weighted by Gasteiger charge is 2.23. The number of benzene rings is 1. The topological polar surface area (TPSA) is 75.3 Å². The molecule has 0 unspecified atom stereocenters. The fraction of sp³-hybridized carbons (Fsp3) is 0.357. The quantitative estimate of drug-likeness (QED) is 0.787. The maximum atomic E-state index is 12.3. The standard InChI is InChI=1S/C14H17BrN2O2S/c1-14(2,5-6-18)17-13(19)12-11(16)9-4-3-8(15)7-10(9)20-12/h3-4,7,18H,5-6,16H2,1-2H3,(H,17,19). The second-order valence-corrected chi connectivity index (χ2v) is 7.26. The number of hydrogen-bond donors (Lipinski definition) is 3. The van der Waals surface area contributed by atoms with Gasteiger partial charge in [-0.2, -0.15) is 0 Å².